The van der Waals surface area contributed by atoms with Gasteiger partial charge in [-0.05, 0) is 175 Å². The fourth-order valence-electron chi connectivity index (χ4n) is 17.9. The van der Waals surface area contributed by atoms with Crippen LogP contribution in [0.2, 0.25) is 0 Å². The zero-order chi connectivity index (χ0) is 76.3. The lowest BCUT2D eigenvalue weighted by Gasteiger charge is -2.26. The van der Waals surface area contributed by atoms with E-state index in [-0.39, 0.29) is 0 Å². The van der Waals surface area contributed by atoms with Crippen molar-refractivity contribution in [3.05, 3.63) is 413 Å². The fraction of sp³-hybridized carbons (Fsp3) is 0. The van der Waals surface area contributed by atoms with Gasteiger partial charge >= 0.3 is 0 Å². The van der Waals surface area contributed by atoms with Crippen LogP contribution in [-0.4, -0.2) is 9.13 Å². The molecule has 0 spiro atoms. The number of aromatic nitrogens is 2. The zero-order valence-corrected chi connectivity index (χ0v) is 65.9. The van der Waals surface area contributed by atoms with Gasteiger partial charge in [0.05, 0.1) is 52.2 Å². The van der Waals surface area contributed by atoms with Gasteiger partial charge in [0.1, 0.15) is 0 Å². The largest absolute Gasteiger partial charge is 0.309 e. The Hall–Kier alpha value is -14.0. The molecule has 24 aromatic rings. The van der Waals surface area contributed by atoms with Crippen molar-refractivity contribution < 1.29 is 0 Å². The average molecular weight is 1550 g/mol. The molecule has 0 fully saturated rings. The summed E-state index contributed by atoms with van der Waals surface area (Å²) in [6, 6.07) is 151. The first kappa shape index (κ1) is 67.7. The highest BCUT2D eigenvalue weighted by atomic mass is 32.1. The number of nitrogens with zero attached hydrogens (tertiary/aromatic N) is 4. The van der Waals surface area contributed by atoms with E-state index in [0.29, 0.717) is 0 Å². The van der Waals surface area contributed by atoms with Crippen molar-refractivity contribution in [1.29, 1.82) is 0 Å². The second-order valence-corrected chi connectivity index (χ2v) is 33.9. The Balaban J connectivity index is 0.000000137. The Morgan fingerprint density at radius 3 is 0.879 bits per heavy atom. The molecule has 0 N–H and O–H groups in total. The van der Waals surface area contributed by atoms with Gasteiger partial charge in [-0.2, -0.15) is 0 Å². The zero-order valence-electron chi connectivity index (χ0n) is 62.7. The van der Waals surface area contributed by atoms with E-state index in [9.17, 15) is 0 Å². The number of fused-ring (bicyclic) bond motifs is 18. The van der Waals surface area contributed by atoms with E-state index < -0.39 is 0 Å². The van der Waals surface area contributed by atoms with Gasteiger partial charge in [-0.15, -0.1) is 45.3 Å². The normalized spacial score (nSPS) is 11.8. The smallest absolute Gasteiger partial charge is 0.0727 e. The highest BCUT2D eigenvalue weighted by molar-refractivity contribution is 7.28. The Labute approximate surface area is 685 Å². The number of thiophene rings is 4. The first-order valence-corrected chi connectivity index (χ1v) is 42.6. The quantitative estimate of drug-likeness (QED) is 0.121. The Morgan fingerprint density at radius 1 is 0.181 bits per heavy atom. The number of hydrogen-bond donors (Lipinski definition) is 0. The van der Waals surface area contributed by atoms with Crippen LogP contribution in [0.4, 0.5) is 34.1 Å². The van der Waals surface area contributed by atoms with E-state index in [1.165, 1.54) is 192 Å². The van der Waals surface area contributed by atoms with Crippen LogP contribution in [0.15, 0.2) is 413 Å². The van der Waals surface area contributed by atoms with E-state index >= 15 is 0 Å². The SMILES string of the molecule is c1ccc(-n2c3ccccc3c3sc4c(-c5ccc(N(c6ccc(-c7cccc8ccccc78)cc6)c6cccc7c6sc6ccccc67)cc5)cccc4c32)cc1.c1ccc(-n2c3ccccc3c3sc4c(-c5ccc(N(c6ccc(-c7cccc8ccccc78)cc6)c6cccc7c6sc6ccccc67)cc5)cccc4c32)cc1. The maximum absolute atomic E-state index is 2.44. The molecular formula is C108H68N4S4. The third-order valence-corrected chi connectivity index (χ3v) is 28.1. The molecule has 0 atom stereocenters. The summed E-state index contributed by atoms with van der Waals surface area (Å²) in [5.74, 6) is 0. The minimum absolute atomic E-state index is 1.12. The van der Waals surface area contributed by atoms with E-state index in [0.717, 1.165) is 22.7 Å². The molecule has 0 bridgehead atoms. The van der Waals surface area contributed by atoms with Crippen molar-refractivity contribution in [2.45, 2.75) is 0 Å². The van der Waals surface area contributed by atoms with Gasteiger partial charge in [0.15, 0.2) is 0 Å². The fourth-order valence-corrected chi connectivity index (χ4v) is 23.0. The summed E-state index contributed by atoms with van der Waals surface area (Å²) < 4.78 is 15.3. The van der Waals surface area contributed by atoms with Crippen LogP contribution in [-0.2, 0) is 0 Å². The summed E-state index contributed by atoms with van der Waals surface area (Å²) in [4.78, 5) is 4.87. The maximum atomic E-state index is 2.44. The van der Waals surface area contributed by atoms with Gasteiger partial charge in [-0.1, -0.05) is 303 Å². The molecule has 0 aliphatic rings. The van der Waals surface area contributed by atoms with E-state index in [2.05, 4.69) is 431 Å². The summed E-state index contributed by atoms with van der Waals surface area (Å²) >= 11 is 7.55. The van der Waals surface area contributed by atoms with Crippen molar-refractivity contribution in [2.24, 2.45) is 0 Å². The predicted octanol–water partition coefficient (Wildman–Crippen LogP) is 32.6. The predicted molar refractivity (Wildman–Crippen MR) is 504 cm³/mol. The molecule has 116 heavy (non-hydrogen) atoms. The molecule has 0 saturated heterocycles. The molecule has 6 heterocycles. The number of hydrogen-bond acceptors (Lipinski definition) is 6. The second kappa shape index (κ2) is 28.0. The molecule has 0 amide bonds. The van der Waals surface area contributed by atoms with Crippen molar-refractivity contribution in [3.63, 3.8) is 0 Å². The van der Waals surface area contributed by atoms with Gasteiger partial charge in [-0.3, -0.25) is 0 Å². The van der Waals surface area contributed by atoms with Crippen LogP contribution >= 0.6 is 45.3 Å². The van der Waals surface area contributed by atoms with Crippen LogP contribution < -0.4 is 9.80 Å². The summed E-state index contributed by atoms with van der Waals surface area (Å²) in [5.41, 5.74) is 24.1. The van der Waals surface area contributed by atoms with Crippen molar-refractivity contribution >= 4 is 204 Å². The highest BCUT2D eigenvalue weighted by Crippen LogP contribution is 2.52. The first-order chi connectivity index (χ1) is 57.6. The molecule has 0 saturated carbocycles. The van der Waals surface area contributed by atoms with Crippen LogP contribution in [0.1, 0.15) is 0 Å². The van der Waals surface area contributed by atoms with Crippen molar-refractivity contribution in [2.75, 3.05) is 9.80 Å². The van der Waals surface area contributed by atoms with Crippen LogP contribution in [0, 0.1) is 0 Å². The second-order valence-electron chi connectivity index (χ2n) is 29.7. The molecule has 0 unspecified atom stereocenters. The van der Waals surface area contributed by atoms with E-state index in [1.54, 1.807) is 0 Å². The van der Waals surface area contributed by atoms with E-state index in [1.807, 2.05) is 45.3 Å². The lowest BCUT2D eigenvalue weighted by atomic mass is 9.98. The van der Waals surface area contributed by atoms with Crippen LogP contribution in [0.3, 0.4) is 0 Å². The van der Waals surface area contributed by atoms with Gasteiger partial charge in [0.25, 0.3) is 0 Å². The highest BCUT2D eigenvalue weighted by Gasteiger charge is 2.26. The van der Waals surface area contributed by atoms with Gasteiger partial charge in [0.2, 0.25) is 0 Å². The lowest BCUT2D eigenvalue weighted by molar-refractivity contribution is 1.19. The van der Waals surface area contributed by atoms with E-state index in [4.69, 9.17) is 0 Å². The monoisotopic (exact) mass is 1550 g/mol. The molecular weight excluding hydrogens is 1480 g/mol. The lowest BCUT2D eigenvalue weighted by Crippen LogP contribution is -2.10. The van der Waals surface area contributed by atoms with Gasteiger partial charge in [0, 0.05) is 96.0 Å². The van der Waals surface area contributed by atoms with Crippen LogP contribution in [0.5, 0.6) is 0 Å². The Kier molecular flexibility index (Phi) is 16.3. The topological polar surface area (TPSA) is 16.3 Å². The third kappa shape index (κ3) is 11.2. The first-order valence-electron chi connectivity index (χ1n) is 39.4. The molecule has 18 aromatic carbocycles. The summed E-state index contributed by atoms with van der Waals surface area (Å²) in [6.45, 7) is 0. The maximum Gasteiger partial charge on any atom is 0.0727 e. The molecule has 544 valence electrons. The minimum atomic E-state index is 1.12. The number of rotatable bonds is 12. The molecule has 0 aliphatic carbocycles. The van der Waals surface area contributed by atoms with Crippen molar-refractivity contribution in [1.82, 2.24) is 9.13 Å². The Morgan fingerprint density at radius 2 is 0.474 bits per heavy atom. The number of para-hydroxylation sites is 4. The average Bonchev–Trinajstić information content (AvgIpc) is 1.56. The summed E-state index contributed by atoms with van der Waals surface area (Å²) in [6.07, 6.45) is 0. The standard InChI is InChI=1S/2C54H34N2S2/c2*1-2-15-38(16-3-1)56-48-24-8-6-19-46(48)54-51(56)47-23-11-21-43(52(47)58-54)37-29-33-40(34-30-37)55(49-25-12-22-45-44-18-7-9-26-50(44)57-53(45)49)39-31-27-36(28-32-39)42-20-10-14-35-13-4-5-17-41(35)42/h2*1-34H. The molecule has 4 nitrogen and oxygen atoms in total. The Bertz CT molecular complexity index is 7460. The molecule has 8 heteroatoms. The van der Waals surface area contributed by atoms with Crippen LogP contribution in [0.25, 0.3) is 180 Å². The van der Waals surface area contributed by atoms with Crippen molar-refractivity contribution in [3.8, 4) is 55.9 Å². The molecule has 0 aliphatic heterocycles. The minimum Gasteiger partial charge on any atom is -0.309 e. The molecule has 24 rings (SSSR count). The number of anilines is 6. The third-order valence-electron chi connectivity index (χ3n) is 23.2. The molecule has 6 aromatic heterocycles. The summed E-state index contributed by atoms with van der Waals surface area (Å²) in [7, 11) is 0. The summed E-state index contributed by atoms with van der Waals surface area (Å²) in [5, 5.41) is 15.4. The number of benzene rings is 18. The van der Waals surface area contributed by atoms with Gasteiger partial charge in [-0.25, -0.2) is 0 Å². The van der Waals surface area contributed by atoms with Gasteiger partial charge < -0.3 is 18.9 Å². The molecule has 0 radical (unpaired) electrons.